The fraction of sp³-hybridized carbons (Fsp3) is 0.625. The molecule has 0 fully saturated rings. The highest BCUT2D eigenvalue weighted by Crippen LogP contribution is 2.27. The summed E-state index contributed by atoms with van der Waals surface area (Å²) in [5, 5.41) is 9.05. The molecule has 12 nitrogen and oxygen atoms in total. The number of alkyl halides is 2. The standard InChI is InChI=1S/C32H48F2N4O8/c1-11-19(6)23(28(42)45-10)35-26(40)21(17(2)3)37-29(43)32(33,34)25(39)24(20-15-13-12-14-16-20)36-27(41)22(18(4)5)38-30(44)46-31(7,8)9/h12-19,21-24H,11H2,1-10H3,(H,35,40)(H,36,41)(H,37,43)(H,38,44)/t19-,21-,22-,23-,24-/m0/s1. The number of amides is 4. The average Bonchev–Trinajstić information content (AvgIpc) is 2.97. The van der Waals surface area contributed by atoms with Crippen molar-refractivity contribution in [2.24, 2.45) is 17.8 Å². The second-order valence-electron chi connectivity index (χ2n) is 12.7. The Bertz CT molecular complexity index is 1230. The van der Waals surface area contributed by atoms with Crippen molar-refractivity contribution in [3.05, 3.63) is 35.9 Å². The van der Waals surface area contributed by atoms with E-state index in [1.54, 1.807) is 54.5 Å². The molecule has 258 valence electrons. The number of alkyl carbamates (subject to hydrolysis) is 1. The zero-order chi connectivity index (χ0) is 35.6. The highest BCUT2D eigenvalue weighted by atomic mass is 19.3. The van der Waals surface area contributed by atoms with Crippen LogP contribution in [0.4, 0.5) is 13.6 Å². The minimum Gasteiger partial charge on any atom is -0.467 e. The number of rotatable bonds is 15. The molecule has 0 heterocycles. The third-order valence-electron chi connectivity index (χ3n) is 7.10. The van der Waals surface area contributed by atoms with Gasteiger partial charge in [0.25, 0.3) is 5.91 Å². The number of carbonyl (C=O) groups is 6. The number of halogens is 2. The van der Waals surface area contributed by atoms with Crippen molar-refractivity contribution in [2.45, 2.75) is 104 Å². The van der Waals surface area contributed by atoms with Crippen LogP contribution in [0.2, 0.25) is 0 Å². The fourth-order valence-electron chi connectivity index (χ4n) is 4.25. The van der Waals surface area contributed by atoms with Crippen LogP contribution in [0.15, 0.2) is 30.3 Å². The van der Waals surface area contributed by atoms with Gasteiger partial charge in [0.05, 0.1) is 7.11 Å². The fourth-order valence-corrected chi connectivity index (χ4v) is 4.25. The molecule has 0 spiro atoms. The van der Waals surface area contributed by atoms with Gasteiger partial charge < -0.3 is 30.7 Å². The number of carbonyl (C=O) groups excluding carboxylic acids is 6. The SMILES string of the molecule is CC[C@H](C)[C@H](NC(=O)[C@@H](NC(=O)C(F)(F)C(=O)[C@@H](NC(=O)[C@@H](NC(=O)OC(C)(C)C)C(C)C)c1ccccc1)C(C)C)C(=O)OC. The number of esters is 1. The Labute approximate surface area is 269 Å². The summed E-state index contributed by atoms with van der Waals surface area (Å²) in [6, 6.07) is 1.11. The second-order valence-corrected chi connectivity index (χ2v) is 12.7. The first kappa shape index (κ1) is 39.9. The van der Waals surface area contributed by atoms with Crippen molar-refractivity contribution >= 4 is 35.6 Å². The third-order valence-corrected chi connectivity index (χ3v) is 7.10. The lowest BCUT2D eigenvalue weighted by Gasteiger charge is -2.29. The van der Waals surface area contributed by atoms with Crippen molar-refractivity contribution in [1.29, 1.82) is 0 Å². The number of benzene rings is 1. The van der Waals surface area contributed by atoms with Crippen LogP contribution in [0.3, 0.4) is 0 Å². The highest BCUT2D eigenvalue weighted by molar-refractivity contribution is 6.11. The Morgan fingerprint density at radius 2 is 1.26 bits per heavy atom. The van der Waals surface area contributed by atoms with E-state index in [-0.39, 0.29) is 11.5 Å². The Kier molecular flexibility index (Phi) is 14.7. The van der Waals surface area contributed by atoms with Gasteiger partial charge in [-0.25, -0.2) is 9.59 Å². The number of hydrogen-bond acceptors (Lipinski definition) is 8. The van der Waals surface area contributed by atoms with E-state index in [9.17, 15) is 28.8 Å². The highest BCUT2D eigenvalue weighted by Gasteiger charge is 2.52. The molecule has 0 aromatic heterocycles. The summed E-state index contributed by atoms with van der Waals surface area (Å²) in [6.45, 7) is 14.5. The Hall–Kier alpha value is -4.10. The molecule has 0 aliphatic rings. The van der Waals surface area contributed by atoms with Crippen LogP contribution >= 0.6 is 0 Å². The summed E-state index contributed by atoms with van der Waals surface area (Å²) < 4.78 is 41.3. The predicted octanol–water partition coefficient (Wildman–Crippen LogP) is 3.44. The summed E-state index contributed by atoms with van der Waals surface area (Å²) in [7, 11) is 1.14. The van der Waals surface area contributed by atoms with Crippen molar-refractivity contribution in [2.75, 3.05) is 7.11 Å². The summed E-state index contributed by atoms with van der Waals surface area (Å²) in [5.74, 6) is -13.1. The number of ether oxygens (including phenoxy) is 2. The summed E-state index contributed by atoms with van der Waals surface area (Å²) >= 11 is 0. The van der Waals surface area contributed by atoms with Gasteiger partial charge in [0.15, 0.2) is 0 Å². The number of hydrogen-bond donors (Lipinski definition) is 4. The summed E-state index contributed by atoms with van der Waals surface area (Å²) in [6.07, 6.45) is -0.461. The molecule has 1 rings (SSSR count). The Morgan fingerprint density at radius 1 is 0.761 bits per heavy atom. The van der Waals surface area contributed by atoms with Crippen molar-refractivity contribution < 1.29 is 47.0 Å². The molecule has 4 N–H and O–H groups in total. The minimum absolute atomic E-state index is 0.0549. The monoisotopic (exact) mass is 654 g/mol. The molecule has 0 aliphatic heterocycles. The van der Waals surface area contributed by atoms with Gasteiger partial charge in [0.1, 0.15) is 29.8 Å². The molecule has 1 aromatic rings. The maximum absolute atomic E-state index is 15.7. The molecular formula is C32H48F2N4O8. The second kappa shape index (κ2) is 17.0. The molecule has 4 amide bonds. The zero-order valence-electron chi connectivity index (χ0n) is 28.2. The zero-order valence-corrected chi connectivity index (χ0v) is 28.2. The van der Waals surface area contributed by atoms with Crippen molar-refractivity contribution in [1.82, 2.24) is 21.3 Å². The van der Waals surface area contributed by atoms with Gasteiger partial charge in [-0.2, -0.15) is 8.78 Å². The molecule has 1 aromatic carbocycles. The number of methoxy groups -OCH3 is 1. The van der Waals surface area contributed by atoms with Crippen LogP contribution in [0.25, 0.3) is 0 Å². The maximum Gasteiger partial charge on any atom is 0.408 e. The molecule has 14 heteroatoms. The van der Waals surface area contributed by atoms with E-state index in [0.29, 0.717) is 6.42 Å². The van der Waals surface area contributed by atoms with Gasteiger partial charge >= 0.3 is 18.0 Å². The maximum atomic E-state index is 15.7. The van der Waals surface area contributed by atoms with E-state index < -0.39 is 83.1 Å². The van der Waals surface area contributed by atoms with Gasteiger partial charge in [-0.1, -0.05) is 78.3 Å². The smallest absolute Gasteiger partial charge is 0.408 e. The number of nitrogens with one attached hydrogen (secondary N) is 4. The van der Waals surface area contributed by atoms with Crippen LogP contribution in [-0.2, 0) is 33.4 Å². The first-order valence-electron chi connectivity index (χ1n) is 15.1. The van der Waals surface area contributed by atoms with Crippen LogP contribution < -0.4 is 21.3 Å². The van der Waals surface area contributed by atoms with Gasteiger partial charge in [-0.05, 0) is 44.1 Å². The van der Waals surface area contributed by atoms with E-state index in [2.05, 4.69) is 16.0 Å². The van der Waals surface area contributed by atoms with E-state index in [0.717, 1.165) is 7.11 Å². The first-order valence-corrected chi connectivity index (χ1v) is 15.1. The lowest BCUT2D eigenvalue weighted by Crippen LogP contribution is -2.60. The Balaban J connectivity index is 3.35. The molecule has 0 unspecified atom stereocenters. The van der Waals surface area contributed by atoms with E-state index in [1.807, 2.05) is 5.32 Å². The lowest BCUT2D eigenvalue weighted by atomic mass is 9.95. The van der Waals surface area contributed by atoms with Crippen LogP contribution in [0.5, 0.6) is 0 Å². The van der Waals surface area contributed by atoms with E-state index in [4.69, 9.17) is 9.47 Å². The third kappa shape index (κ3) is 11.4. The molecule has 5 atom stereocenters. The van der Waals surface area contributed by atoms with Gasteiger partial charge in [-0.3, -0.25) is 19.2 Å². The number of Topliss-reactive ketones (excluding diaryl/α,β-unsaturated/α-hetero) is 1. The Morgan fingerprint density at radius 3 is 1.72 bits per heavy atom. The lowest BCUT2D eigenvalue weighted by molar-refractivity contribution is -0.162. The molecule has 0 saturated carbocycles. The van der Waals surface area contributed by atoms with Crippen LogP contribution in [0, 0.1) is 17.8 Å². The van der Waals surface area contributed by atoms with Crippen molar-refractivity contribution in [3.63, 3.8) is 0 Å². The molecule has 0 bridgehead atoms. The van der Waals surface area contributed by atoms with Gasteiger partial charge in [-0.15, -0.1) is 0 Å². The molecule has 0 radical (unpaired) electrons. The molecule has 0 aliphatic carbocycles. The minimum atomic E-state index is -4.73. The average molecular weight is 655 g/mol. The van der Waals surface area contributed by atoms with E-state index in [1.165, 1.54) is 38.1 Å². The molecule has 46 heavy (non-hydrogen) atoms. The quantitative estimate of drug-likeness (QED) is 0.165. The van der Waals surface area contributed by atoms with Crippen LogP contribution in [0.1, 0.15) is 80.3 Å². The van der Waals surface area contributed by atoms with E-state index >= 15 is 8.78 Å². The molecular weight excluding hydrogens is 606 g/mol. The predicted molar refractivity (Wildman–Crippen MR) is 165 cm³/mol. The normalized spacial score (nSPS) is 15.1. The largest absolute Gasteiger partial charge is 0.467 e. The first-order chi connectivity index (χ1) is 21.2. The number of ketones is 1. The van der Waals surface area contributed by atoms with Gasteiger partial charge in [0.2, 0.25) is 17.6 Å². The summed E-state index contributed by atoms with van der Waals surface area (Å²) in [4.78, 5) is 77.5. The van der Waals surface area contributed by atoms with Crippen molar-refractivity contribution in [3.8, 4) is 0 Å². The van der Waals surface area contributed by atoms with Gasteiger partial charge in [0, 0.05) is 0 Å². The topological polar surface area (TPSA) is 169 Å². The molecule has 0 saturated heterocycles. The van der Waals surface area contributed by atoms with Crippen LogP contribution in [-0.4, -0.2) is 72.3 Å². The summed E-state index contributed by atoms with van der Waals surface area (Å²) in [5.41, 5.74) is -0.945.